The molecule has 1 saturated carbocycles. The van der Waals surface area contributed by atoms with Crippen LogP contribution in [0.5, 0.6) is 0 Å². The van der Waals surface area contributed by atoms with Crippen molar-refractivity contribution in [3.05, 3.63) is 109 Å². The molecule has 1 heteroatoms. The molecule has 0 aromatic rings. The van der Waals surface area contributed by atoms with Gasteiger partial charge in [-0.15, -0.1) is 0 Å². The third kappa shape index (κ3) is 7.78. The van der Waals surface area contributed by atoms with E-state index in [9.17, 15) is 4.39 Å². The second-order valence-corrected chi connectivity index (χ2v) is 7.59. The predicted octanol–water partition coefficient (Wildman–Crippen LogP) is 8.14. The average Bonchev–Trinajstić information content (AvgIpc) is 2.63. The van der Waals surface area contributed by atoms with Gasteiger partial charge >= 0.3 is 0 Å². The highest BCUT2D eigenvalue weighted by Gasteiger charge is 2.19. The number of halogens is 1. The first kappa shape index (κ1) is 22.6. The van der Waals surface area contributed by atoms with Crippen molar-refractivity contribution in [1.82, 2.24) is 0 Å². The maximum Gasteiger partial charge on any atom is 0.131 e. The van der Waals surface area contributed by atoms with Crippen molar-refractivity contribution in [2.24, 2.45) is 11.8 Å². The second-order valence-electron chi connectivity index (χ2n) is 7.59. The zero-order valence-corrected chi connectivity index (χ0v) is 17.0. The Morgan fingerprint density at radius 2 is 1.33 bits per heavy atom. The van der Waals surface area contributed by atoms with E-state index in [0.29, 0.717) is 22.6 Å². The Morgan fingerprint density at radius 3 is 1.89 bits per heavy atom. The van der Waals surface area contributed by atoms with Gasteiger partial charge in [0.2, 0.25) is 0 Å². The topological polar surface area (TPSA) is 0 Å². The Labute approximate surface area is 165 Å². The standard InChI is InChI=1S/C26H33F/c1-18(2)9-12-21(5)24(8)26(27)17-23(7)20(4)13-14-22(6)25-15-10-19(3)11-16-25/h9,12-14,17,19,25H,1,4-8,10-11,15-16H2,2-3H3/b12-9-,14-13-,26-17+. The molecule has 0 aliphatic heterocycles. The van der Waals surface area contributed by atoms with Crippen molar-refractivity contribution in [2.75, 3.05) is 0 Å². The van der Waals surface area contributed by atoms with Gasteiger partial charge in [0.25, 0.3) is 0 Å². The number of rotatable bonds is 9. The van der Waals surface area contributed by atoms with E-state index in [-0.39, 0.29) is 5.57 Å². The third-order valence-electron chi connectivity index (χ3n) is 5.00. The zero-order valence-electron chi connectivity index (χ0n) is 17.0. The zero-order chi connectivity index (χ0) is 20.6. The molecule has 1 fully saturated rings. The molecule has 0 aromatic heterocycles. The fourth-order valence-electron chi connectivity index (χ4n) is 2.91. The van der Waals surface area contributed by atoms with Crippen LogP contribution in [0.3, 0.4) is 0 Å². The van der Waals surface area contributed by atoms with Crippen molar-refractivity contribution in [3.63, 3.8) is 0 Å². The lowest BCUT2D eigenvalue weighted by Crippen LogP contribution is -2.13. The Morgan fingerprint density at radius 1 is 0.778 bits per heavy atom. The minimum Gasteiger partial charge on any atom is -0.206 e. The molecule has 0 saturated heterocycles. The minimum absolute atomic E-state index is 0.228. The summed E-state index contributed by atoms with van der Waals surface area (Å²) < 4.78 is 14.4. The van der Waals surface area contributed by atoms with Crippen LogP contribution >= 0.6 is 0 Å². The highest BCUT2D eigenvalue weighted by atomic mass is 19.1. The molecule has 0 spiro atoms. The van der Waals surface area contributed by atoms with Gasteiger partial charge in [-0.2, -0.15) is 0 Å². The minimum atomic E-state index is -0.467. The first-order chi connectivity index (χ1) is 12.6. The third-order valence-corrected chi connectivity index (χ3v) is 5.00. The predicted molar refractivity (Wildman–Crippen MR) is 119 cm³/mol. The maximum absolute atomic E-state index is 14.4. The van der Waals surface area contributed by atoms with Gasteiger partial charge in [-0.05, 0) is 54.4 Å². The summed E-state index contributed by atoms with van der Waals surface area (Å²) in [6.45, 7) is 27.6. The summed E-state index contributed by atoms with van der Waals surface area (Å²) in [5.41, 5.74) is 3.87. The van der Waals surface area contributed by atoms with Crippen LogP contribution in [0.25, 0.3) is 0 Å². The molecule has 0 atom stereocenters. The van der Waals surface area contributed by atoms with E-state index in [2.05, 4.69) is 46.4 Å². The lowest BCUT2D eigenvalue weighted by atomic mass is 9.79. The molecular weight excluding hydrogens is 331 g/mol. The second kappa shape index (κ2) is 10.7. The normalized spacial score (nSPS) is 20.6. The van der Waals surface area contributed by atoms with Crippen molar-refractivity contribution >= 4 is 0 Å². The van der Waals surface area contributed by atoms with Crippen LogP contribution < -0.4 is 0 Å². The van der Waals surface area contributed by atoms with E-state index < -0.39 is 5.83 Å². The van der Waals surface area contributed by atoms with Gasteiger partial charge in [0.15, 0.2) is 0 Å². The van der Waals surface area contributed by atoms with Gasteiger partial charge in [0, 0.05) is 5.57 Å². The van der Waals surface area contributed by atoms with Gasteiger partial charge in [-0.3, -0.25) is 0 Å². The molecule has 0 amide bonds. The molecule has 0 bridgehead atoms. The van der Waals surface area contributed by atoms with Crippen LogP contribution in [0.1, 0.15) is 39.5 Å². The molecule has 144 valence electrons. The fourth-order valence-corrected chi connectivity index (χ4v) is 2.91. The molecular formula is C26H33F. The van der Waals surface area contributed by atoms with E-state index in [4.69, 9.17) is 0 Å². The molecule has 27 heavy (non-hydrogen) atoms. The van der Waals surface area contributed by atoms with E-state index in [1.54, 1.807) is 12.2 Å². The van der Waals surface area contributed by atoms with Crippen LogP contribution in [0.15, 0.2) is 109 Å². The first-order valence-electron chi connectivity index (χ1n) is 9.46. The molecule has 0 radical (unpaired) electrons. The lowest BCUT2D eigenvalue weighted by molar-refractivity contribution is 0.324. The van der Waals surface area contributed by atoms with Crippen LogP contribution in [-0.2, 0) is 0 Å². The van der Waals surface area contributed by atoms with Gasteiger partial charge < -0.3 is 0 Å². The summed E-state index contributed by atoms with van der Waals surface area (Å²) in [4.78, 5) is 0. The molecule has 1 aliphatic carbocycles. The smallest absolute Gasteiger partial charge is 0.131 e. The van der Waals surface area contributed by atoms with Crippen molar-refractivity contribution in [1.29, 1.82) is 0 Å². The van der Waals surface area contributed by atoms with Gasteiger partial charge in [0.1, 0.15) is 5.83 Å². The van der Waals surface area contributed by atoms with E-state index in [0.717, 1.165) is 17.1 Å². The Kier molecular flexibility index (Phi) is 8.94. The fraction of sp³-hybridized carbons (Fsp3) is 0.308. The van der Waals surface area contributed by atoms with Crippen LogP contribution in [-0.4, -0.2) is 0 Å². The summed E-state index contributed by atoms with van der Waals surface area (Å²) in [7, 11) is 0. The Balaban J connectivity index is 2.66. The maximum atomic E-state index is 14.4. The van der Waals surface area contributed by atoms with Crippen molar-refractivity contribution in [2.45, 2.75) is 39.5 Å². The van der Waals surface area contributed by atoms with Gasteiger partial charge in [-0.1, -0.05) is 94.7 Å². The number of hydrogen-bond donors (Lipinski definition) is 0. The van der Waals surface area contributed by atoms with E-state index in [1.165, 1.54) is 31.8 Å². The summed E-state index contributed by atoms with van der Waals surface area (Å²) in [5.74, 6) is 0.883. The molecule has 0 nitrogen and oxygen atoms in total. The summed E-state index contributed by atoms with van der Waals surface area (Å²) in [6.07, 6.45) is 13.6. The number of allylic oxidation sites excluding steroid dienone is 12. The first-order valence-corrected chi connectivity index (χ1v) is 9.46. The number of hydrogen-bond acceptors (Lipinski definition) is 0. The summed E-state index contributed by atoms with van der Waals surface area (Å²) >= 11 is 0. The lowest BCUT2D eigenvalue weighted by Gasteiger charge is -2.26. The molecule has 1 aliphatic rings. The summed E-state index contributed by atoms with van der Waals surface area (Å²) in [5, 5.41) is 0. The van der Waals surface area contributed by atoms with Crippen LogP contribution in [0.4, 0.5) is 4.39 Å². The van der Waals surface area contributed by atoms with Crippen LogP contribution in [0.2, 0.25) is 0 Å². The molecule has 0 aromatic carbocycles. The van der Waals surface area contributed by atoms with E-state index >= 15 is 0 Å². The highest BCUT2D eigenvalue weighted by molar-refractivity contribution is 5.52. The Bertz CT molecular complexity index is 728. The SMILES string of the molecule is C=C(C)/C=C\C(=C)C(=C)/C(F)=C\C(=C)C(=C)/C=C\C(=C)C1CCC(C)CC1. The molecule has 1 rings (SSSR count). The van der Waals surface area contributed by atoms with Crippen molar-refractivity contribution < 1.29 is 4.39 Å². The average molecular weight is 365 g/mol. The summed E-state index contributed by atoms with van der Waals surface area (Å²) in [6, 6.07) is 0. The Hall–Kier alpha value is -2.41. The van der Waals surface area contributed by atoms with Crippen molar-refractivity contribution in [3.8, 4) is 0 Å². The largest absolute Gasteiger partial charge is 0.206 e. The highest BCUT2D eigenvalue weighted by Crippen LogP contribution is 2.33. The molecule has 0 unspecified atom stereocenters. The van der Waals surface area contributed by atoms with Gasteiger partial charge in [0.05, 0.1) is 0 Å². The quantitative estimate of drug-likeness (QED) is 0.362. The molecule has 0 N–H and O–H groups in total. The molecule has 0 heterocycles. The van der Waals surface area contributed by atoms with Gasteiger partial charge in [-0.25, -0.2) is 4.39 Å². The van der Waals surface area contributed by atoms with E-state index in [1.807, 2.05) is 19.1 Å². The monoisotopic (exact) mass is 364 g/mol. The van der Waals surface area contributed by atoms with Crippen LogP contribution in [0, 0.1) is 11.8 Å².